The van der Waals surface area contributed by atoms with Gasteiger partial charge in [0, 0.05) is 22.0 Å². The Morgan fingerprint density at radius 1 is 1.54 bits per heavy atom. The zero-order valence-electron chi connectivity index (χ0n) is 7.12. The van der Waals surface area contributed by atoms with E-state index in [2.05, 4.69) is 15.9 Å². The molecule has 1 aliphatic heterocycles. The molecule has 1 aliphatic rings. The van der Waals surface area contributed by atoms with Gasteiger partial charge in [0.2, 0.25) is 0 Å². The standard InChI is InChI=1S/C9H11BrO2S/c10-8-5-13-4-7(8)9(11)2-1-3-12-6-9/h4-5,11H,1-3,6H2. The van der Waals surface area contributed by atoms with Crippen molar-refractivity contribution >= 4 is 27.3 Å². The third-order valence-electron chi connectivity index (χ3n) is 2.34. The largest absolute Gasteiger partial charge is 0.383 e. The van der Waals surface area contributed by atoms with Crippen LogP contribution in [0.1, 0.15) is 18.4 Å². The summed E-state index contributed by atoms with van der Waals surface area (Å²) >= 11 is 5.03. The Hall–Kier alpha value is 0.1000. The van der Waals surface area contributed by atoms with E-state index in [0.717, 1.165) is 29.5 Å². The van der Waals surface area contributed by atoms with Crippen LogP contribution in [0.2, 0.25) is 0 Å². The van der Waals surface area contributed by atoms with E-state index in [4.69, 9.17) is 4.74 Å². The van der Waals surface area contributed by atoms with E-state index in [9.17, 15) is 5.11 Å². The van der Waals surface area contributed by atoms with Gasteiger partial charge in [0.1, 0.15) is 5.60 Å². The predicted molar refractivity (Wildman–Crippen MR) is 56.0 cm³/mol. The van der Waals surface area contributed by atoms with Crippen molar-refractivity contribution in [2.75, 3.05) is 13.2 Å². The molecule has 0 spiro atoms. The summed E-state index contributed by atoms with van der Waals surface area (Å²) in [5.74, 6) is 0. The first kappa shape index (κ1) is 9.65. The number of thiophene rings is 1. The van der Waals surface area contributed by atoms with Crippen molar-refractivity contribution in [3.63, 3.8) is 0 Å². The first-order valence-electron chi connectivity index (χ1n) is 4.25. The van der Waals surface area contributed by atoms with Crippen LogP contribution in [0.25, 0.3) is 0 Å². The Kier molecular flexibility index (Phi) is 2.74. The summed E-state index contributed by atoms with van der Waals surface area (Å²) in [5, 5.41) is 14.2. The minimum atomic E-state index is -0.767. The molecule has 2 rings (SSSR count). The normalized spacial score (nSPS) is 29.1. The van der Waals surface area contributed by atoms with Gasteiger partial charge >= 0.3 is 0 Å². The fraction of sp³-hybridized carbons (Fsp3) is 0.556. The molecule has 1 N–H and O–H groups in total. The lowest BCUT2D eigenvalue weighted by Crippen LogP contribution is -2.35. The Morgan fingerprint density at radius 2 is 2.38 bits per heavy atom. The number of hydrogen-bond acceptors (Lipinski definition) is 3. The lowest BCUT2D eigenvalue weighted by molar-refractivity contribution is -0.0904. The van der Waals surface area contributed by atoms with Crippen molar-refractivity contribution < 1.29 is 9.84 Å². The maximum Gasteiger partial charge on any atom is 0.115 e. The summed E-state index contributed by atoms with van der Waals surface area (Å²) in [5.41, 5.74) is 0.203. The van der Waals surface area contributed by atoms with Gasteiger partial charge in [0.25, 0.3) is 0 Å². The molecule has 0 radical (unpaired) electrons. The summed E-state index contributed by atoms with van der Waals surface area (Å²) in [6, 6.07) is 0. The average Bonchev–Trinajstić information content (AvgIpc) is 2.53. The molecule has 2 nitrogen and oxygen atoms in total. The third kappa shape index (κ3) is 1.81. The van der Waals surface area contributed by atoms with Crippen molar-refractivity contribution in [2.45, 2.75) is 18.4 Å². The smallest absolute Gasteiger partial charge is 0.115 e. The van der Waals surface area contributed by atoms with Crippen LogP contribution in [0.3, 0.4) is 0 Å². The van der Waals surface area contributed by atoms with E-state index in [1.54, 1.807) is 11.3 Å². The predicted octanol–water partition coefficient (Wildman–Crippen LogP) is 2.51. The molecule has 4 heteroatoms. The molecule has 1 fully saturated rings. The summed E-state index contributed by atoms with van der Waals surface area (Å²) in [4.78, 5) is 0. The molecule has 1 aromatic heterocycles. The second-order valence-corrected chi connectivity index (χ2v) is 4.92. The Labute approximate surface area is 89.7 Å². The van der Waals surface area contributed by atoms with Gasteiger partial charge < -0.3 is 9.84 Å². The zero-order chi connectivity index (χ0) is 9.31. The van der Waals surface area contributed by atoms with Gasteiger partial charge in [-0.2, -0.15) is 11.3 Å². The van der Waals surface area contributed by atoms with Crippen LogP contribution < -0.4 is 0 Å². The van der Waals surface area contributed by atoms with Gasteiger partial charge in [-0.15, -0.1) is 0 Å². The summed E-state index contributed by atoms with van der Waals surface area (Å²) < 4.78 is 6.29. The molecule has 0 saturated carbocycles. The first-order valence-corrected chi connectivity index (χ1v) is 5.98. The molecule has 1 atom stereocenters. The van der Waals surface area contributed by atoms with E-state index < -0.39 is 5.60 Å². The molecule has 0 bridgehead atoms. The van der Waals surface area contributed by atoms with Crippen molar-refractivity contribution in [2.24, 2.45) is 0 Å². The van der Waals surface area contributed by atoms with Crippen LogP contribution in [0.5, 0.6) is 0 Å². The van der Waals surface area contributed by atoms with Gasteiger partial charge in [-0.3, -0.25) is 0 Å². The topological polar surface area (TPSA) is 29.5 Å². The fourth-order valence-corrected chi connectivity index (χ4v) is 3.36. The maximum absolute atomic E-state index is 10.3. The molecular formula is C9H11BrO2S. The van der Waals surface area contributed by atoms with Gasteiger partial charge in [0.05, 0.1) is 6.61 Å². The molecule has 1 unspecified atom stereocenters. The minimum Gasteiger partial charge on any atom is -0.383 e. The third-order valence-corrected chi connectivity index (χ3v) is 4.04. The second-order valence-electron chi connectivity index (χ2n) is 3.32. The molecule has 13 heavy (non-hydrogen) atoms. The van der Waals surface area contributed by atoms with Crippen LogP contribution >= 0.6 is 27.3 Å². The van der Waals surface area contributed by atoms with Gasteiger partial charge in [-0.05, 0) is 34.2 Å². The monoisotopic (exact) mass is 262 g/mol. The van der Waals surface area contributed by atoms with Gasteiger partial charge in [-0.25, -0.2) is 0 Å². The highest BCUT2D eigenvalue weighted by molar-refractivity contribution is 9.10. The quantitative estimate of drug-likeness (QED) is 0.843. The Morgan fingerprint density at radius 3 is 2.92 bits per heavy atom. The van der Waals surface area contributed by atoms with E-state index in [1.165, 1.54) is 0 Å². The fourth-order valence-electron chi connectivity index (χ4n) is 1.61. The van der Waals surface area contributed by atoms with Crippen molar-refractivity contribution in [3.05, 3.63) is 20.8 Å². The average molecular weight is 263 g/mol. The van der Waals surface area contributed by atoms with E-state index in [1.807, 2.05) is 10.8 Å². The molecule has 0 amide bonds. The van der Waals surface area contributed by atoms with Gasteiger partial charge in [-0.1, -0.05) is 0 Å². The summed E-state index contributed by atoms with van der Waals surface area (Å²) in [7, 11) is 0. The molecule has 0 aromatic carbocycles. The minimum absolute atomic E-state index is 0.419. The maximum atomic E-state index is 10.3. The van der Waals surface area contributed by atoms with E-state index >= 15 is 0 Å². The molecule has 72 valence electrons. The highest BCUT2D eigenvalue weighted by Crippen LogP contribution is 2.36. The van der Waals surface area contributed by atoms with Crippen molar-refractivity contribution in [1.82, 2.24) is 0 Å². The highest BCUT2D eigenvalue weighted by atomic mass is 79.9. The lowest BCUT2D eigenvalue weighted by atomic mass is 9.91. The zero-order valence-corrected chi connectivity index (χ0v) is 9.53. The molecular weight excluding hydrogens is 252 g/mol. The van der Waals surface area contributed by atoms with Crippen LogP contribution in [0.15, 0.2) is 15.2 Å². The number of rotatable bonds is 1. The number of aliphatic hydroxyl groups is 1. The van der Waals surface area contributed by atoms with Crippen molar-refractivity contribution in [3.8, 4) is 0 Å². The number of hydrogen-bond donors (Lipinski definition) is 1. The summed E-state index contributed by atoms with van der Waals surface area (Å²) in [6.07, 6.45) is 1.72. The Bertz CT molecular complexity index is 292. The molecule has 0 aliphatic carbocycles. The molecule has 1 aromatic rings. The van der Waals surface area contributed by atoms with Crippen LogP contribution in [-0.2, 0) is 10.3 Å². The van der Waals surface area contributed by atoms with Crippen LogP contribution in [0, 0.1) is 0 Å². The highest BCUT2D eigenvalue weighted by Gasteiger charge is 2.34. The second kappa shape index (κ2) is 3.69. The number of ether oxygens (including phenoxy) is 1. The van der Waals surface area contributed by atoms with Crippen molar-refractivity contribution in [1.29, 1.82) is 0 Å². The number of halogens is 1. The Balaban J connectivity index is 2.27. The lowest BCUT2D eigenvalue weighted by Gasteiger charge is -2.31. The van der Waals surface area contributed by atoms with Crippen LogP contribution in [-0.4, -0.2) is 18.3 Å². The molecule has 2 heterocycles. The van der Waals surface area contributed by atoms with Crippen LogP contribution in [0.4, 0.5) is 0 Å². The summed E-state index contributed by atoms with van der Waals surface area (Å²) in [6.45, 7) is 1.19. The SMILES string of the molecule is OC1(c2cscc2Br)CCCOC1. The first-order chi connectivity index (χ1) is 6.22. The van der Waals surface area contributed by atoms with E-state index in [0.29, 0.717) is 6.61 Å². The molecule has 1 saturated heterocycles. The van der Waals surface area contributed by atoms with E-state index in [-0.39, 0.29) is 0 Å². The van der Waals surface area contributed by atoms with Gasteiger partial charge in [0.15, 0.2) is 0 Å².